The lowest BCUT2D eigenvalue weighted by Gasteiger charge is -2.28. The third-order valence-electron chi connectivity index (χ3n) is 4.53. The van der Waals surface area contributed by atoms with Crippen LogP contribution in [0.25, 0.3) is 10.9 Å². The van der Waals surface area contributed by atoms with Crippen LogP contribution in [0.1, 0.15) is 33.6 Å². The molecule has 1 aliphatic carbocycles. The molecular formula is C19H24N2O3. The zero-order chi connectivity index (χ0) is 17.2. The van der Waals surface area contributed by atoms with Crippen LogP contribution in [-0.2, 0) is 9.53 Å². The van der Waals surface area contributed by atoms with E-state index in [0.29, 0.717) is 19.1 Å². The summed E-state index contributed by atoms with van der Waals surface area (Å²) < 4.78 is 11.4. The van der Waals surface area contributed by atoms with E-state index in [0.717, 1.165) is 35.2 Å². The van der Waals surface area contributed by atoms with Gasteiger partial charge in [-0.2, -0.15) is 0 Å². The molecule has 1 amide bonds. The van der Waals surface area contributed by atoms with Gasteiger partial charge in [-0.25, -0.2) is 0 Å². The number of hydrogen-bond acceptors (Lipinski definition) is 4. The van der Waals surface area contributed by atoms with Gasteiger partial charge in [-0.05, 0) is 63.8 Å². The predicted octanol–water partition coefficient (Wildman–Crippen LogP) is 3.78. The second kappa shape index (κ2) is 6.77. The van der Waals surface area contributed by atoms with Crippen LogP contribution in [0.2, 0.25) is 0 Å². The molecule has 1 aromatic carbocycles. The maximum absolute atomic E-state index is 12.9. The normalized spacial score (nSPS) is 16.6. The summed E-state index contributed by atoms with van der Waals surface area (Å²) in [6.07, 6.45) is 3.80. The number of benzene rings is 1. The van der Waals surface area contributed by atoms with Crippen LogP contribution < -0.4 is 10.1 Å². The van der Waals surface area contributed by atoms with Gasteiger partial charge < -0.3 is 14.8 Å². The molecule has 5 heteroatoms. The highest BCUT2D eigenvalue weighted by Gasteiger charge is 2.48. The first-order chi connectivity index (χ1) is 11.6. The number of pyridine rings is 1. The average Bonchev–Trinajstić information content (AvgIpc) is 3.42. The smallest absolute Gasteiger partial charge is 0.256 e. The van der Waals surface area contributed by atoms with Crippen LogP contribution in [0.5, 0.6) is 5.75 Å². The Morgan fingerprint density at radius 1 is 1.29 bits per heavy atom. The third-order valence-corrected chi connectivity index (χ3v) is 4.53. The Hall–Kier alpha value is -2.14. The fourth-order valence-electron chi connectivity index (χ4n) is 3.08. The molecule has 0 spiro atoms. The van der Waals surface area contributed by atoms with Gasteiger partial charge in [-0.15, -0.1) is 0 Å². The average molecular weight is 328 g/mol. The lowest BCUT2D eigenvalue weighted by atomic mass is 9.98. The second-order valence-corrected chi connectivity index (χ2v) is 6.21. The zero-order valence-electron chi connectivity index (χ0n) is 14.5. The molecule has 5 nitrogen and oxygen atoms in total. The Bertz CT molecular complexity index is 742. The van der Waals surface area contributed by atoms with Crippen LogP contribution in [0.15, 0.2) is 30.5 Å². The van der Waals surface area contributed by atoms with Crippen LogP contribution >= 0.6 is 0 Å². The summed E-state index contributed by atoms with van der Waals surface area (Å²) in [5, 5.41) is 3.91. The van der Waals surface area contributed by atoms with Gasteiger partial charge in [0.1, 0.15) is 16.9 Å². The van der Waals surface area contributed by atoms with Gasteiger partial charge in [0.05, 0.1) is 12.3 Å². The molecule has 3 rings (SSSR count). The largest absolute Gasteiger partial charge is 0.492 e. The van der Waals surface area contributed by atoms with Crippen molar-refractivity contribution in [1.29, 1.82) is 0 Å². The van der Waals surface area contributed by atoms with Crippen molar-refractivity contribution in [2.24, 2.45) is 5.92 Å². The number of carbonyl (C=O) groups is 1. The summed E-state index contributed by atoms with van der Waals surface area (Å²) in [6.45, 7) is 6.84. The number of ether oxygens (including phenoxy) is 2. The van der Waals surface area contributed by atoms with E-state index in [9.17, 15) is 4.79 Å². The summed E-state index contributed by atoms with van der Waals surface area (Å²) in [5.74, 6) is 0.923. The highest BCUT2D eigenvalue weighted by atomic mass is 16.5. The first-order valence-electron chi connectivity index (χ1n) is 8.56. The van der Waals surface area contributed by atoms with Gasteiger partial charge in [0.15, 0.2) is 0 Å². The molecule has 1 aromatic heterocycles. The van der Waals surface area contributed by atoms with Crippen molar-refractivity contribution in [2.45, 2.75) is 39.2 Å². The van der Waals surface area contributed by atoms with Crippen LogP contribution in [0.4, 0.5) is 5.69 Å². The molecule has 1 fully saturated rings. The Balaban J connectivity index is 1.92. The van der Waals surface area contributed by atoms with Crippen LogP contribution in [-0.4, -0.2) is 29.7 Å². The summed E-state index contributed by atoms with van der Waals surface area (Å²) in [7, 11) is 0. The van der Waals surface area contributed by atoms with Gasteiger partial charge in [-0.3, -0.25) is 9.78 Å². The molecule has 1 saturated carbocycles. The lowest BCUT2D eigenvalue weighted by molar-refractivity contribution is -0.141. The van der Waals surface area contributed by atoms with Crippen LogP contribution in [0, 0.1) is 5.92 Å². The molecule has 24 heavy (non-hydrogen) atoms. The van der Waals surface area contributed by atoms with E-state index in [2.05, 4.69) is 10.3 Å². The topological polar surface area (TPSA) is 60.5 Å². The monoisotopic (exact) mass is 328 g/mol. The van der Waals surface area contributed by atoms with Crippen molar-refractivity contribution in [3.05, 3.63) is 30.5 Å². The van der Waals surface area contributed by atoms with E-state index in [1.807, 2.05) is 45.0 Å². The molecular weight excluding hydrogens is 304 g/mol. The minimum atomic E-state index is -0.776. The molecule has 0 bridgehead atoms. The molecule has 0 saturated heterocycles. The van der Waals surface area contributed by atoms with Gasteiger partial charge in [-0.1, -0.05) is 0 Å². The first-order valence-corrected chi connectivity index (χ1v) is 8.56. The highest BCUT2D eigenvalue weighted by Crippen LogP contribution is 2.43. The van der Waals surface area contributed by atoms with E-state index in [1.54, 1.807) is 6.20 Å². The fourth-order valence-corrected chi connectivity index (χ4v) is 3.08. The first kappa shape index (κ1) is 16.7. The molecule has 0 unspecified atom stereocenters. The number of anilines is 1. The molecule has 1 atom stereocenters. The second-order valence-electron chi connectivity index (χ2n) is 6.21. The van der Waals surface area contributed by atoms with Crippen molar-refractivity contribution in [2.75, 3.05) is 18.5 Å². The number of nitrogens with zero attached hydrogens (tertiary/aromatic N) is 1. The molecule has 0 radical (unpaired) electrons. The lowest BCUT2D eigenvalue weighted by Crippen LogP contribution is -2.44. The number of hydrogen-bond donors (Lipinski definition) is 1. The van der Waals surface area contributed by atoms with E-state index in [-0.39, 0.29) is 5.91 Å². The molecule has 2 aromatic rings. The Morgan fingerprint density at radius 2 is 2.08 bits per heavy atom. The Morgan fingerprint density at radius 3 is 2.75 bits per heavy atom. The molecule has 1 heterocycles. The molecule has 128 valence electrons. The third kappa shape index (κ3) is 3.08. The SMILES string of the molecule is CCOc1ccc(NC(=O)[C@](C)(OCC)C2CC2)c2cccnc12. The van der Waals surface area contributed by atoms with Crippen molar-refractivity contribution >= 4 is 22.5 Å². The minimum Gasteiger partial charge on any atom is -0.492 e. The number of aromatic nitrogens is 1. The van der Waals surface area contributed by atoms with Gasteiger partial charge >= 0.3 is 0 Å². The maximum atomic E-state index is 12.9. The van der Waals surface area contributed by atoms with Gasteiger partial charge in [0, 0.05) is 18.2 Å². The Labute approximate surface area is 142 Å². The molecule has 1 aliphatic rings. The van der Waals surface area contributed by atoms with E-state index >= 15 is 0 Å². The van der Waals surface area contributed by atoms with Gasteiger partial charge in [0.2, 0.25) is 0 Å². The van der Waals surface area contributed by atoms with Crippen molar-refractivity contribution < 1.29 is 14.3 Å². The fraction of sp³-hybridized carbons (Fsp3) is 0.474. The molecule has 1 N–H and O–H groups in total. The van der Waals surface area contributed by atoms with Crippen molar-refractivity contribution in [1.82, 2.24) is 4.98 Å². The van der Waals surface area contributed by atoms with E-state index in [4.69, 9.17) is 9.47 Å². The highest BCUT2D eigenvalue weighted by molar-refractivity contribution is 6.05. The quantitative estimate of drug-likeness (QED) is 0.840. The summed E-state index contributed by atoms with van der Waals surface area (Å²) in [4.78, 5) is 17.3. The number of carbonyl (C=O) groups excluding carboxylic acids is 1. The van der Waals surface area contributed by atoms with E-state index in [1.165, 1.54) is 0 Å². The van der Waals surface area contributed by atoms with Crippen molar-refractivity contribution in [3.8, 4) is 5.75 Å². The zero-order valence-corrected chi connectivity index (χ0v) is 14.5. The number of amides is 1. The van der Waals surface area contributed by atoms with Gasteiger partial charge in [0.25, 0.3) is 5.91 Å². The minimum absolute atomic E-state index is 0.0961. The summed E-state index contributed by atoms with van der Waals surface area (Å²) >= 11 is 0. The van der Waals surface area contributed by atoms with Crippen LogP contribution in [0.3, 0.4) is 0 Å². The Kier molecular flexibility index (Phi) is 4.71. The number of nitrogens with one attached hydrogen (secondary N) is 1. The van der Waals surface area contributed by atoms with E-state index < -0.39 is 5.60 Å². The maximum Gasteiger partial charge on any atom is 0.256 e. The summed E-state index contributed by atoms with van der Waals surface area (Å²) in [6, 6.07) is 7.52. The number of fused-ring (bicyclic) bond motifs is 1. The van der Waals surface area contributed by atoms with Crippen molar-refractivity contribution in [3.63, 3.8) is 0 Å². The summed E-state index contributed by atoms with van der Waals surface area (Å²) in [5.41, 5.74) is 0.710. The standard InChI is InChI=1S/C19H24N2O3/c1-4-23-16-11-10-15(14-7-6-12-20-17(14)16)21-18(22)19(3,24-5-2)13-8-9-13/h6-7,10-13H,4-5,8-9H2,1-3H3,(H,21,22)/t19-/m1/s1. The predicted molar refractivity (Wildman–Crippen MR) is 94.3 cm³/mol. The molecule has 0 aliphatic heterocycles. The number of rotatable bonds is 7.